The molecule has 0 aliphatic rings. The van der Waals surface area contributed by atoms with Gasteiger partial charge in [-0.25, -0.2) is 0 Å². The molecule has 0 saturated carbocycles. The topological polar surface area (TPSA) is 86.3 Å². The van der Waals surface area contributed by atoms with Gasteiger partial charge in [-0.1, -0.05) is 0 Å². The maximum atomic E-state index is 12.9. The number of benzene rings is 1. The average molecular weight is 199 g/mol. The smallest absolute Gasteiger partial charge is 0.258 e. The second-order valence-corrected chi connectivity index (χ2v) is 2.42. The van der Waals surface area contributed by atoms with Crippen molar-refractivity contribution in [3.05, 3.63) is 50.7 Å². The molecule has 1 aromatic carbocycles. The van der Waals surface area contributed by atoms with Crippen molar-refractivity contribution in [1.29, 1.82) is 0 Å². The highest BCUT2D eigenvalue weighted by atomic mass is 19.1. The predicted octanol–water partition coefficient (Wildman–Crippen LogP) is 1.82. The molecule has 73 valence electrons. The Bertz CT molecular complexity index is 379. The standard InChI is InChI=1S/C7H4FN2O4/c1-4-2-3-5(8)7(10(13)14)6(4)9(11)12/h2-3H,1H2. The number of nitrogens with zero attached hydrogens (tertiary/aromatic N) is 2. The van der Waals surface area contributed by atoms with Gasteiger partial charge < -0.3 is 0 Å². The maximum Gasteiger partial charge on any atom is 0.381 e. The van der Waals surface area contributed by atoms with Gasteiger partial charge in [-0.05, 0) is 19.1 Å². The Hall–Kier alpha value is -2.05. The molecule has 1 aromatic rings. The average Bonchev–Trinajstić information content (AvgIpc) is 2.07. The third-order valence-electron chi connectivity index (χ3n) is 1.55. The minimum atomic E-state index is -1.24. The van der Waals surface area contributed by atoms with Gasteiger partial charge in [-0.3, -0.25) is 20.2 Å². The first-order valence-corrected chi connectivity index (χ1v) is 3.38. The summed E-state index contributed by atoms with van der Waals surface area (Å²) < 4.78 is 12.9. The van der Waals surface area contributed by atoms with E-state index in [1.165, 1.54) is 0 Å². The maximum absolute atomic E-state index is 12.9. The molecule has 0 saturated heterocycles. The van der Waals surface area contributed by atoms with Crippen LogP contribution in [0, 0.1) is 33.0 Å². The normalized spacial score (nSPS) is 9.86. The van der Waals surface area contributed by atoms with Crippen LogP contribution in [0.25, 0.3) is 0 Å². The quantitative estimate of drug-likeness (QED) is 0.536. The molecule has 0 aromatic heterocycles. The zero-order valence-electron chi connectivity index (χ0n) is 6.77. The number of nitro groups is 2. The van der Waals surface area contributed by atoms with Gasteiger partial charge in [0.2, 0.25) is 5.82 Å². The summed E-state index contributed by atoms with van der Waals surface area (Å²) in [6.07, 6.45) is 0. The Morgan fingerprint density at radius 2 is 1.64 bits per heavy atom. The number of rotatable bonds is 2. The van der Waals surface area contributed by atoms with Crippen LogP contribution in [-0.4, -0.2) is 9.85 Å². The van der Waals surface area contributed by atoms with Crippen LogP contribution in [0.15, 0.2) is 12.1 Å². The van der Waals surface area contributed by atoms with Crippen LogP contribution in [-0.2, 0) is 0 Å². The van der Waals surface area contributed by atoms with Crippen LogP contribution < -0.4 is 0 Å². The van der Waals surface area contributed by atoms with E-state index >= 15 is 0 Å². The molecule has 14 heavy (non-hydrogen) atoms. The van der Waals surface area contributed by atoms with E-state index in [0.717, 1.165) is 12.1 Å². The van der Waals surface area contributed by atoms with Crippen LogP contribution >= 0.6 is 0 Å². The fraction of sp³-hybridized carbons (Fsp3) is 0. The fourth-order valence-corrected chi connectivity index (χ4v) is 0.974. The number of halogens is 1. The first kappa shape index (κ1) is 10.0. The Labute approximate surface area is 77.3 Å². The molecule has 7 heteroatoms. The van der Waals surface area contributed by atoms with Gasteiger partial charge in [0.1, 0.15) is 0 Å². The third kappa shape index (κ3) is 1.51. The van der Waals surface area contributed by atoms with Crippen LogP contribution in [0.5, 0.6) is 0 Å². The van der Waals surface area contributed by atoms with Gasteiger partial charge in [0.15, 0.2) is 0 Å². The van der Waals surface area contributed by atoms with Gasteiger partial charge in [0.25, 0.3) is 0 Å². The molecule has 0 bridgehead atoms. The van der Waals surface area contributed by atoms with Gasteiger partial charge in [0, 0.05) is 5.56 Å². The van der Waals surface area contributed by atoms with Crippen molar-refractivity contribution < 1.29 is 14.2 Å². The lowest BCUT2D eigenvalue weighted by Gasteiger charge is -1.98. The van der Waals surface area contributed by atoms with Crippen molar-refractivity contribution in [3.63, 3.8) is 0 Å². The summed E-state index contributed by atoms with van der Waals surface area (Å²) in [7, 11) is 0. The summed E-state index contributed by atoms with van der Waals surface area (Å²) in [5.74, 6) is -1.24. The summed E-state index contributed by atoms with van der Waals surface area (Å²) in [5.41, 5.74) is -2.25. The molecule has 0 unspecified atom stereocenters. The summed E-state index contributed by atoms with van der Waals surface area (Å²) in [5, 5.41) is 20.7. The van der Waals surface area contributed by atoms with E-state index in [2.05, 4.69) is 6.92 Å². The molecule has 0 atom stereocenters. The molecule has 0 aliphatic heterocycles. The summed E-state index contributed by atoms with van der Waals surface area (Å²) in [4.78, 5) is 18.6. The van der Waals surface area contributed by atoms with Gasteiger partial charge in [-0.2, -0.15) is 4.39 Å². The second-order valence-electron chi connectivity index (χ2n) is 2.42. The first-order chi connectivity index (χ1) is 6.45. The zero-order chi connectivity index (χ0) is 10.9. The summed E-state index contributed by atoms with van der Waals surface area (Å²) in [6, 6.07) is 1.79. The molecule has 0 fully saturated rings. The second kappa shape index (κ2) is 3.36. The third-order valence-corrected chi connectivity index (χ3v) is 1.55. The van der Waals surface area contributed by atoms with Crippen molar-refractivity contribution in [2.24, 2.45) is 0 Å². The van der Waals surface area contributed by atoms with Crippen LogP contribution in [0.3, 0.4) is 0 Å². The molecule has 0 aliphatic carbocycles. The molecule has 1 rings (SSSR count). The first-order valence-electron chi connectivity index (χ1n) is 3.38. The van der Waals surface area contributed by atoms with E-state index in [0.29, 0.717) is 0 Å². The molecular weight excluding hydrogens is 195 g/mol. The van der Waals surface area contributed by atoms with Crippen LogP contribution in [0.1, 0.15) is 5.56 Å². The molecule has 0 heterocycles. The van der Waals surface area contributed by atoms with Gasteiger partial charge in [0.05, 0.1) is 9.85 Å². The minimum absolute atomic E-state index is 0.192. The lowest BCUT2D eigenvalue weighted by Crippen LogP contribution is -2.01. The molecular formula is C7H4FN2O4. The van der Waals surface area contributed by atoms with Gasteiger partial charge >= 0.3 is 11.4 Å². The number of hydrogen-bond donors (Lipinski definition) is 0. The summed E-state index contributed by atoms with van der Waals surface area (Å²) in [6.45, 7) is 3.21. The van der Waals surface area contributed by atoms with E-state index in [-0.39, 0.29) is 5.56 Å². The molecule has 1 radical (unpaired) electrons. The lowest BCUT2D eigenvalue weighted by molar-refractivity contribution is -0.424. The lowest BCUT2D eigenvalue weighted by atomic mass is 10.1. The van der Waals surface area contributed by atoms with Crippen molar-refractivity contribution in [3.8, 4) is 0 Å². The van der Waals surface area contributed by atoms with Crippen LogP contribution in [0.2, 0.25) is 0 Å². The highest BCUT2D eigenvalue weighted by molar-refractivity contribution is 5.59. The highest BCUT2D eigenvalue weighted by Crippen LogP contribution is 2.32. The van der Waals surface area contributed by atoms with Crippen molar-refractivity contribution in [2.75, 3.05) is 0 Å². The molecule has 6 nitrogen and oxygen atoms in total. The van der Waals surface area contributed by atoms with E-state index < -0.39 is 27.0 Å². The highest BCUT2D eigenvalue weighted by Gasteiger charge is 2.31. The van der Waals surface area contributed by atoms with Crippen LogP contribution in [0.4, 0.5) is 15.8 Å². The Kier molecular flexibility index (Phi) is 2.41. The van der Waals surface area contributed by atoms with E-state index in [4.69, 9.17) is 0 Å². The Morgan fingerprint density at radius 1 is 1.14 bits per heavy atom. The molecule has 0 amide bonds. The Morgan fingerprint density at radius 3 is 2.00 bits per heavy atom. The zero-order valence-corrected chi connectivity index (χ0v) is 6.77. The van der Waals surface area contributed by atoms with Crippen molar-refractivity contribution in [2.45, 2.75) is 0 Å². The van der Waals surface area contributed by atoms with Gasteiger partial charge in [-0.15, -0.1) is 0 Å². The van der Waals surface area contributed by atoms with E-state index in [1.54, 1.807) is 0 Å². The SMILES string of the molecule is [CH2]c1ccc(F)c([N+](=O)[O-])c1[N+](=O)[O-]. The van der Waals surface area contributed by atoms with E-state index in [1.807, 2.05) is 0 Å². The monoisotopic (exact) mass is 199 g/mol. The predicted molar refractivity (Wildman–Crippen MR) is 44.2 cm³/mol. The largest absolute Gasteiger partial charge is 0.381 e. The fourth-order valence-electron chi connectivity index (χ4n) is 0.974. The molecule has 0 N–H and O–H groups in total. The minimum Gasteiger partial charge on any atom is -0.258 e. The number of hydrogen-bond acceptors (Lipinski definition) is 4. The van der Waals surface area contributed by atoms with Crippen molar-refractivity contribution >= 4 is 11.4 Å². The Balaban J connectivity index is 3.58. The molecule has 0 spiro atoms. The van der Waals surface area contributed by atoms with E-state index in [9.17, 15) is 24.6 Å². The van der Waals surface area contributed by atoms with Crippen molar-refractivity contribution in [1.82, 2.24) is 0 Å². The number of nitro benzene ring substituents is 2. The summed E-state index contributed by atoms with van der Waals surface area (Å²) >= 11 is 0.